The molecule has 0 radical (unpaired) electrons. The fourth-order valence-corrected chi connectivity index (χ4v) is 4.38. The quantitative estimate of drug-likeness (QED) is 0.693. The molecule has 3 heterocycles. The van der Waals surface area contributed by atoms with Crippen LogP contribution >= 0.6 is 22.7 Å². The number of hydrogen-bond acceptors (Lipinski definition) is 7. The predicted octanol–water partition coefficient (Wildman–Crippen LogP) is 1.99. The van der Waals surface area contributed by atoms with Crippen molar-refractivity contribution >= 4 is 55.0 Å². The number of thiazole rings is 2. The molecule has 10 heteroatoms. The highest BCUT2D eigenvalue weighted by Crippen LogP contribution is 2.34. The summed E-state index contributed by atoms with van der Waals surface area (Å²) < 4.78 is 14.5. The van der Waals surface area contributed by atoms with Crippen LogP contribution in [0.3, 0.4) is 0 Å². The molecule has 4 rings (SSSR count). The van der Waals surface area contributed by atoms with Crippen molar-refractivity contribution in [1.29, 1.82) is 0 Å². The Morgan fingerprint density at radius 1 is 1.35 bits per heavy atom. The van der Waals surface area contributed by atoms with Gasteiger partial charge in [0, 0.05) is 18.5 Å². The zero-order valence-electron chi connectivity index (χ0n) is 13.4. The van der Waals surface area contributed by atoms with Crippen LogP contribution in [0.5, 0.6) is 0 Å². The largest absolute Gasteiger partial charge is 0.369 e. The number of carbonyl (C=O) groups is 2. The van der Waals surface area contributed by atoms with Crippen LogP contribution in [0.15, 0.2) is 23.6 Å². The number of aromatic nitrogens is 2. The molecule has 0 aliphatic carbocycles. The number of benzene rings is 1. The molecular formula is C16H14FN5O2S2. The molecule has 3 N–H and O–H groups in total. The van der Waals surface area contributed by atoms with Gasteiger partial charge in [-0.1, -0.05) is 17.4 Å². The van der Waals surface area contributed by atoms with E-state index in [1.165, 1.54) is 28.7 Å². The van der Waals surface area contributed by atoms with E-state index in [1.807, 2.05) is 11.0 Å². The second-order valence-electron chi connectivity index (χ2n) is 5.96. The molecule has 0 bridgehead atoms. The number of amides is 2. The first kappa shape index (κ1) is 16.9. The third-order valence-corrected chi connectivity index (χ3v) is 5.91. The molecular weight excluding hydrogens is 377 g/mol. The normalized spacial score (nSPS) is 14.4. The van der Waals surface area contributed by atoms with Gasteiger partial charge in [0.1, 0.15) is 11.3 Å². The van der Waals surface area contributed by atoms with Crippen molar-refractivity contribution in [2.45, 2.75) is 6.42 Å². The average Bonchev–Trinajstić information content (AvgIpc) is 3.13. The third-order valence-electron chi connectivity index (χ3n) is 4.02. The lowest BCUT2D eigenvalue weighted by Crippen LogP contribution is -2.52. The molecule has 7 nitrogen and oxygen atoms in total. The average molecular weight is 391 g/mol. The van der Waals surface area contributed by atoms with E-state index in [-0.39, 0.29) is 24.1 Å². The third kappa shape index (κ3) is 3.25. The molecule has 1 aliphatic heterocycles. The summed E-state index contributed by atoms with van der Waals surface area (Å²) in [7, 11) is 0. The molecule has 134 valence electrons. The predicted molar refractivity (Wildman–Crippen MR) is 98.9 cm³/mol. The minimum absolute atomic E-state index is 0.0533. The fourth-order valence-electron chi connectivity index (χ4n) is 2.67. The lowest BCUT2D eigenvalue weighted by Gasteiger charge is -2.37. The summed E-state index contributed by atoms with van der Waals surface area (Å²) in [6.45, 7) is 1.04. The van der Waals surface area contributed by atoms with Gasteiger partial charge in [0.25, 0.3) is 0 Å². The molecule has 1 saturated heterocycles. The van der Waals surface area contributed by atoms with E-state index in [2.05, 4.69) is 15.3 Å². The number of carbonyl (C=O) groups excluding carboxylic acids is 2. The Morgan fingerprint density at radius 3 is 2.88 bits per heavy atom. The smallest absolute Gasteiger partial charge is 0.232 e. The molecule has 26 heavy (non-hydrogen) atoms. The van der Waals surface area contributed by atoms with Gasteiger partial charge < -0.3 is 16.0 Å². The molecule has 2 aromatic heterocycles. The summed E-state index contributed by atoms with van der Waals surface area (Å²) in [5.41, 5.74) is 6.04. The van der Waals surface area contributed by atoms with Gasteiger partial charge >= 0.3 is 0 Å². The summed E-state index contributed by atoms with van der Waals surface area (Å²) in [5.74, 6) is -1.12. The highest BCUT2D eigenvalue weighted by molar-refractivity contribution is 7.22. The molecule has 1 aromatic carbocycles. The Labute approximate surface area is 155 Å². The van der Waals surface area contributed by atoms with Gasteiger partial charge in [0.15, 0.2) is 10.3 Å². The number of fused-ring (bicyclic) bond motifs is 1. The Balaban J connectivity index is 1.36. The molecule has 2 amide bonds. The van der Waals surface area contributed by atoms with Crippen molar-refractivity contribution in [3.8, 4) is 0 Å². The highest BCUT2D eigenvalue weighted by atomic mass is 32.1. The van der Waals surface area contributed by atoms with Gasteiger partial charge in [-0.05, 0) is 12.1 Å². The molecule has 1 aliphatic rings. The maximum atomic E-state index is 13.7. The minimum Gasteiger partial charge on any atom is -0.369 e. The number of para-hydroxylation sites is 1. The van der Waals surface area contributed by atoms with E-state index in [1.54, 1.807) is 11.4 Å². The van der Waals surface area contributed by atoms with E-state index in [0.717, 1.165) is 4.70 Å². The van der Waals surface area contributed by atoms with Crippen LogP contribution in [0.2, 0.25) is 0 Å². The molecule has 0 atom stereocenters. The number of primary amides is 1. The SMILES string of the molecule is NC(=O)Cc1csc(NC(=O)C2CN(c3nc4c(F)cccc4s3)C2)n1. The van der Waals surface area contributed by atoms with Gasteiger partial charge in [0.05, 0.1) is 22.7 Å². The summed E-state index contributed by atoms with van der Waals surface area (Å²) in [6, 6.07) is 4.88. The van der Waals surface area contributed by atoms with Crippen LogP contribution < -0.4 is 16.0 Å². The maximum absolute atomic E-state index is 13.7. The standard InChI is InChI=1S/C16H14FN5O2S2/c17-10-2-1-3-11-13(10)20-16(26-11)22-5-8(6-22)14(24)21-15-19-9(7-25-15)4-12(18)23/h1-3,7-8H,4-6H2,(H2,18,23)(H,19,21,24). The summed E-state index contributed by atoms with van der Waals surface area (Å²) in [4.78, 5) is 33.6. The maximum Gasteiger partial charge on any atom is 0.232 e. The zero-order chi connectivity index (χ0) is 18.3. The Kier molecular flexibility index (Phi) is 4.29. The van der Waals surface area contributed by atoms with Crippen molar-refractivity contribution in [2.24, 2.45) is 11.7 Å². The van der Waals surface area contributed by atoms with Crippen molar-refractivity contribution in [1.82, 2.24) is 9.97 Å². The monoisotopic (exact) mass is 391 g/mol. The van der Waals surface area contributed by atoms with Gasteiger partial charge in [0.2, 0.25) is 11.8 Å². The fraction of sp³-hybridized carbons (Fsp3) is 0.250. The first-order valence-corrected chi connectivity index (χ1v) is 9.53. The Morgan fingerprint density at radius 2 is 2.15 bits per heavy atom. The molecule has 0 saturated carbocycles. The van der Waals surface area contributed by atoms with Crippen molar-refractivity contribution < 1.29 is 14.0 Å². The van der Waals surface area contributed by atoms with Crippen molar-refractivity contribution in [3.05, 3.63) is 35.1 Å². The van der Waals surface area contributed by atoms with E-state index in [9.17, 15) is 14.0 Å². The second kappa shape index (κ2) is 6.61. The van der Waals surface area contributed by atoms with Gasteiger partial charge in [-0.2, -0.15) is 0 Å². The number of hydrogen-bond donors (Lipinski definition) is 2. The number of halogens is 1. The molecule has 0 spiro atoms. The second-order valence-corrected chi connectivity index (χ2v) is 7.83. The Hall–Kier alpha value is -2.59. The number of anilines is 2. The number of nitrogens with two attached hydrogens (primary N) is 1. The topological polar surface area (TPSA) is 101 Å². The summed E-state index contributed by atoms with van der Waals surface area (Å²) in [5, 5.41) is 5.62. The molecule has 3 aromatic rings. The lowest BCUT2D eigenvalue weighted by atomic mass is 10.0. The lowest BCUT2D eigenvalue weighted by molar-refractivity contribution is -0.120. The van der Waals surface area contributed by atoms with Crippen LogP contribution in [0, 0.1) is 11.7 Å². The Bertz CT molecular complexity index is 996. The van der Waals surface area contributed by atoms with E-state index >= 15 is 0 Å². The molecule has 1 fully saturated rings. The van der Waals surface area contributed by atoms with Gasteiger partial charge in [-0.3, -0.25) is 9.59 Å². The van der Waals surface area contributed by atoms with Crippen LogP contribution in [-0.4, -0.2) is 34.9 Å². The summed E-state index contributed by atoms with van der Waals surface area (Å²) in [6.07, 6.45) is 0.0533. The summed E-state index contributed by atoms with van der Waals surface area (Å²) >= 11 is 2.67. The van der Waals surface area contributed by atoms with Gasteiger partial charge in [-0.25, -0.2) is 14.4 Å². The van der Waals surface area contributed by atoms with Crippen LogP contribution in [0.25, 0.3) is 10.2 Å². The van der Waals surface area contributed by atoms with Crippen LogP contribution in [-0.2, 0) is 16.0 Å². The highest BCUT2D eigenvalue weighted by Gasteiger charge is 2.35. The number of nitrogens with zero attached hydrogens (tertiary/aromatic N) is 3. The van der Waals surface area contributed by atoms with Crippen LogP contribution in [0.4, 0.5) is 14.7 Å². The van der Waals surface area contributed by atoms with Crippen molar-refractivity contribution in [2.75, 3.05) is 23.3 Å². The van der Waals surface area contributed by atoms with Crippen molar-refractivity contribution in [3.63, 3.8) is 0 Å². The zero-order valence-corrected chi connectivity index (χ0v) is 15.1. The first-order chi connectivity index (χ1) is 12.5. The van der Waals surface area contributed by atoms with E-state index in [0.29, 0.717) is 34.6 Å². The number of nitrogens with one attached hydrogen (secondary N) is 1. The number of rotatable bonds is 5. The van der Waals surface area contributed by atoms with Gasteiger partial charge in [-0.15, -0.1) is 11.3 Å². The van der Waals surface area contributed by atoms with Crippen LogP contribution in [0.1, 0.15) is 5.69 Å². The van der Waals surface area contributed by atoms with E-state index in [4.69, 9.17) is 5.73 Å². The van der Waals surface area contributed by atoms with E-state index < -0.39 is 5.91 Å². The first-order valence-electron chi connectivity index (χ1n) is 7.83. The molecule has 0 unspecified atom stereocenters. The minimum atomic E-state index is -0.463.